The Kier molecular flexibility index (Phi) is 3.20. The van der Waals surface area contributed by atoms with Gasteiger partial charge in [0.2, 0.25) is 0 Å². The summed E-state index contributed by atoms with van der Waals surface area (Å²) in [7, 11) is 1.93. The third-order valence-electron chi connectivity index (χ3n) is 2.01. The van der Waals surface area contributed by atoms with E-state index in [9.17, 15) is 0 Å². The van der Waals surface area contributed by atoms with Gasteiger partial charge in [-0.1, -0.05) is 6.08 Å². The lowest BCUT2D eigenvalue weighted by Gasteiger charge is -2.12. The first-order valence-electron chi connectivity index (χ1n) is 4.42. The smallest absolute Gasteiger partial charge is 0.0502 e. The van der Waals surface area contributed by atoms with Crippen molar-refractivity contribution in [1.29, 1.82) is 0 Å². The van der Waals surface area contributed by atoms with Crippen molar-refractivity contribution < 1.29 is 0 Å². The Bertz CT molecular complexity index is 285. The van der Waals surface area contributed by atoms with Crippen LogP contribution in [0.3, 0.4) is 0 Å². The molecule has 0 saturated heterocycles. The fourth-order valence-electron chi connectivity index (χ4n) is 1.47. The number of nitrogens with zero attached hydrogens (tertiary/aromatic N) is 1. The van der Waals surface area contributed by atoms with Gasteiger partial charge in [-0.05, 0) is 38.6 Å². The predicted molar refractivity (Wildman–Crippen MR) is 55.7 cm³/mol. The fourth-order valence-corrected chi connectivity index (χ4v) is 1.47. The monoisotopic (exact) mass is 176 g/mol. The zero-order chi connectivity index (χ0) is 9.84. The van der Waals surface area contributed by atoms with Crippen molar-refractivity contribution in [2.24, 2.45) is 0 Å². The molecule has 0 aliphatic carbocycles. The summed E-state index contributed by atoms with van der Waals surface area (Å²) in [5.41, 5.74) is 3.33. The summed E-state index contributed by atoms with van der Waals surface area (Å²) in [4.78, 5) is 4.32. The number of hydrogen-bond acceptors (Lipinski definition) is 2. The molecule has 0 saturated carbocycles. The number of rotatable bonds is 3. The summed E-state index contributed by atoms with van der Waals surface area (Å²) in [5.74, 6) is 0. The Morgan fingerprint density at radius 2 is 1.92 bits per heavy atom. The molecule has 70 valence electrons. The van der Waals surface area contributed by atoms with Crippen molar-refractivity contribution >= 4 is 0 Å². The van der Waals surface area contributed by atoms with Gasteiger partial charge in [0.1, 0.15) is 0 Å². The zero-order valence-corrected chi connectivity index (χ0v) is 8.46. The quantitative estimate of drug-likeness (QED) is 0.714. The molecule has 0 fully saturated rings. The van der Waals surface area contributed by atoms with E-state index >= 15 is 0 Å². The molecule has 0 amide bonds. The van der Waals surface area contributed by atoms with Gasteiger partial charge >= 0.3 is 0 Å². The van der Waals surface area contributed by atoms with Crippen LogP contribution in [-0.2, 0) is 0 Å². The van der Waals surface area contributed by atoms with Crippen LogP contribution in [0.15, 0.2) is 24.8 Å². The van der Waals surface area contributed by atoms with E-state index in [-0.39, 0.29) is 6.04 Å². The summed E-state index contributed by atoms with van der Waals surface area (Å²) in [6.45, 7) is 7.80. The molecule has 0 aromatic carbocycles. The molecule has 0 radical (unpaired) electrons. The largest absolute Gasteiger partial charge is 0.310 e. The molecule has 0 aliphatic rings. The average molecular weight is 176 g/mol. The summed E-state index contributed by atoms with van der Waals surface area (Å²) in [5, 5.41) is 3.18. The molecule has 1 unspecified atom stereocenters. The van der Waals surface area contributed by atoms with E-state index in [1.165, 1.54) is 5.56 Å². The van der Waals surface area contributed by atoms with Crippen molar-refractivity contribution in [3.8, 4) is 0 Å². The van der Waals surface area contributed by atoms with Gasteiger partial charge in [-0.15, -0.1) is 6.58 Å². The summed E-state index contributed by atoms with van der Waals surface area (Å²) < 4.78 is 0. The van der Waals surface area contributed by atoms with E-state index in [4.69, 9.17) is 0 Å². The van der Waals surface area contributed by atoms with Crippen LogP contribution in [-0.4, -0.2) is 12.0 Å². The molecular weight excluding hydrogens is 160 g/mol. The predicted octanol–water partition coefficient (Wildman–Crippen LogP) is 2.14. The SMILES string of the molecule is C=CC(NC)c1cc(C)nc(C)c1. The molecule has 1 aromatic heterocycles. The van der Waals surface area contributed by atoms with Crippen molar-refractivity contribution in [2.75, 3.05) is 7.05 Å². The van der Waals surface area contributed by atoms with Crippen LogP contribution in [0.5, 0.6) is 0 Å². The van der Waals surface area contributed by atoms with Gasteiger partial charge in [-0.25, -0.2) is 0 Å². The maximum atomic E-state index is 4.32. The first-order chi connectivity index (χ1) is 6.17. The lowest BCUT2D eigenvalue weighted by atomic mass is 10.1. The van der Waals surface area contributed by atoms with Crippen molar-refractivity contribution in [1.82, 2.24) is 10.3 Å². The summed E-state index contributed by atoms with van der Waals surface area (Å²) in [6, 6.07) is 4.38. The maximum absolute atomic E-state index is 4.32. The molecular formula is C11H16N2. The maximum Gasteiger partial charge on any atom is 0.0502 e. The third kappa shape index (κ3) is 2.39. The number of aromatic nitrogens is 1. The molecule has 1 N–H and O–H groups in total. The Morgan fingerprint density at radius 1 is 1.38 bits per heavy atom. The highest BCUT2D eigenvalue weighted by atomic mass is 14.9. The first-order valence-corrected chi connectivity index (χ1v) is 4.42. The van der Waals surface area contributed by atoms with Gasteiger partial charge in [-0.2, -0.15) is 0 Å². The molecule has 0 bridgehead atoms. The van der Waals surface area contributed by atoms with E-state index < -0.39 is 0 Å². The van der Waals surface area contributed by atoms with Gasteiger partial charge < -0.3 is 5.32 Å². The normalized spacial score (nSPS) is 12.5. The number of nitrogens with one attached hydrogen (secondary N) is 1. The fraction of sp³-hybridized carbons (Fsp3) is 0.364. The highest BCUT2D eigenvalue weighted by Crippen LogP contribution is 2.15. The van der Waals surface area contributed by atoms with Gasteiger partial charge in [0.25, 0.3) is 0 Å². The topological polar surface area (TPSA) is 24.9 Å². The van der Waals surface area contributed by atoms with Crippen LogP contribution >= 0.6 is 0 Å². The van der Waals surface area contributed by atoms with Gasteiger partial charge in [0.05, 0.1) is 6.04 Å². The second-order valence-electron chi connectivity index (χ2n) is 3.19. The van der Waals surface area contributed by atoms with Crippen LogP contribution in [0.4, 0.5) is 0 Å². The highest BCUT2D eigenvalue weighted by Gasteiger charge is 2.05. The minimum Gasteiger partial charge on any atom is -0.310 e. The Balaban J connectivity index is 3.05. The molecule has 1 atom stereocenters. The minimum absolute atomic E-state index is 0.223. The average Bonchev–Trinajstić information content (AvgIpc) is 2.04. The first kappa shape index (κ1) is 9.93. The molecule has 13 heavy (non-hydrogen) atoms. The van der Waals surface area contributed by atoms with Crippen LogP contribution < -0.4 is 5.32 Å². The van der Waals surface area contributed by atoms with E-state index in [2.05, 4.69) is 29.0 Å². The van der Waals surface area contributed by atoms with E-state index in [0.717, 1.165) is 11.4 Å². The lowest BCUT2D eigenvalue weighted by molar-refractivity contribution is 0.712. The third-order valence-corrected chi connectivity index (χ3v) is 2.01. The summed E-state index contributed by atoms with van der Waals surface area (Å²) in [6.07, 6.45) is 1.90. The molecule has 2 heteroatoms. The second-order valence-corrected chi connectivity index (χ2v) is 3.19. The highest BCUT2D eigenvalue weighted by molar-refractivity contribution is 5.26. The Morgan fingerprint density at radius 3 is 2.31 bits per heavy atom. The number of hydrogen-bond donors (Lipinski definition) is 1. The van der Waals surface area contributed by atoms with Gasteiger partial charge in [0, 0.05) is 11.4 Å². The zero-order valence-electron chi connectivity index (χ0n) is 8.46. The van der Waals surface area contributed by atoms with E-state index in [1.807, 2.05) is 27.0 Å². The van der Waals surface area contributed by atoms with Gasteiger partial charge in [0.15, 0.2) is 0 Å². The lowest BCUT2D eigenvalue weighted by Crippen LogP contribution is -2.14. The van der Waals surface area contributed by atoms with E-state index in [0.29, 0.717) is 0 Å². The van der Waals surface area contributed by atoms with Crippen LogP contribution in [0.2, 0.25) is 0 Å². The molecule has 0 aliphatic heterocycles. The molecule has 2 nitrogen and oxygen atoms in total. The Labute approximate surface area is 79.7 Å². The number of likely N-dealkylation sites (N-methyl/N-ethyl adjacent to an activating group) is 1. The minimum atomic E-state index is 0.223. The number of pyridine rings is 1. The van der Waals surface area contributed by atoms with Crippen molar-refractivity contribution in [3.63, 3.8) is 0 Å². The molecule has 1 heterocycles. The summed E-state index contributed by atoms with van der Waals surface area (Å²) >= 11 is 0. The van der Waals surface area contributed by atoms with Crippen LogP contribution in [0, 0.1) is 13.8 Å². The second kappa shape index (κ2) is 4.19. The molecule has 1 rings (SSSR count). The van der Waals surface area contributed by atoms with Crippen LogP contribution in [0.25, 0.3) is 0 Å². The van der Waals surface area contributed by atoms with Crippen LogP contribution in [0.1, 0.15) is 23.0 Å². The number of aryl methyl sites for hydroxylation is 2. The standard InChI is InChI=1S/C11H16N2/c1-5-11(12-4)10-6-8(2)13-9(3)7-10/h5-7,11-12H,1H2,2-4H3. The molecule has 0 spiro atoms. The van der Waals surface area contributed by atoms with Crippen molar-refractivity contribution in [2.45, 2.75) is 19.9 Å². The van der Waals surface area contributed by atoms with Crippen molar-refractivity contribution in [3.05, 3.63) is 41.7 Å². The molecule has 1 aromatic rings. The van der Waals surface area contributed by atoms with E-state index in [1.54, 1.807) is 0 Å². The Hall–Kier alpha value is -1.15. The van der Waals surface area contributed by atoms with Gasteiger partial charge in [-0.3, -0.25) is 4.98 Å².